The van der Waals surface area contributed by atoms with Crippen molar-refractivity contribution >= 4 is 27.6 Å². The van der Waals surface area contributed by atoms with Gasteiger partial charge in [-0.05, 0) is 17.7 Å². The Balaban J connectivity index is 1.59. The molecule has 0 aliphatic carbocycles. The molecule has 4 nitrogen and oxygen atoms in total. The van der Waals surface area contributed by atoms with Gasteiger partial charge in [-0.1, -0.05) is 58.4 Å². The zero-order valence-corrected chi connectivity index (χ0v) is 15.6. The second kappa shape index (κ2) is 8.54. The maximum atomic E-state index is 12.3. The summed E-state index contributed by atoms with van der Waals surface area (Å²) in [6.07, 6.45) is 3.49. The van der Waals surface area contributed by atoms with E-state index in [1.807, 2.05) is 42.5 Å². The minimum Gasteiger partial charge on any atom is -0.348 e. The third-order valence-electron chi connectivity index (χ3n) is 3.92. The van der Waals surface area contributed by atoms with E-state index in [0.717, 1.165) is 10.0 Å². The first-order valence-electron chi connectivity index (χ1n) is 8.22. The van der Waals surface area contributed by atoms with Gasteiger partial charge in [0, 0.05) is 28.7 Å². The highest BCUT2D eigenvalue weighted by molar-refractivity contribution is 9.10. The standard InChI is InChI=1S/C21H17BrN2O2/c22-19-8-4-7-18(13-19)20(25)15-24-11-9-17(10-12-24)21(26)23-14-16-5-2-1-3-6-16/h1-13H,14-15H2/p+1. The zero-order valence-electron chi connectivity index (χ0n) is 14.1. The van der Waals surface area contributed by atoms with Crippen molar-refractivity contribution < 1.29 is 14.2 Å². The van der Waals surface area contributed by atoms with Crippen LogP contribution in [0.2, 0.25) is 0 Å². The molecule has 5 heteroatoms. The Morgan fingerprint density at radius 1 is 0.885 bits per heavy atom. The number of hydrogen-bond acceptors (Lipinski definition) is 2. The number of rotatable bonds is 6. The minimum absolute atomic E-state index is 0.0116. The Kier molecular flexibility index (Phi) is 5.92. The Morgan fingerprint density at radius 3 is 2.31 bits per heavy atom. The molecule has 0 atom stereocenters. The van der Waals surface area contributed by atoms with Crippen molar-refractivity contribution in [1.29, 1.82) is 0 Å². The summed E-state index contributed by atoms with van der Waals surface area (Å²) >= 11 is 3.37. The lowest BCUT2D eigenvalue weighted by Crippen LogP contribution is -2.37. The fourth-order valence-electron chi connectivity index (χ4n) is 2.51. The molecule has 0 saturated heterocycles. The van der Waals surface area contributed by atoms with Crippen LogP contribution < -0.4 is 9.88 Å². The van der Waals surface area contributed by atoms with Gasteiger partial charge in [-0.25, -0.2) is 0 Å². The molecule has 0 unspecified atom stereocenters. The van der Waals surface area contributed by atoms with Gasteiger partial charge >= 0.3 is 0 Å². The van der Waals surface area contributed by atoms with E-state index in [1.54, 1.807) is 41.2 Å². The highest BCUT2D eigenvalue weighted by Crippen LogP contribution is 2.12. The maximum Gasteiger partial charge on any atom is 0.252 e. The molecule has 130 valence electrons. The highest BCUT2D eigenvalue weighted by atomic mass is 79.9. The smallest absolute Gasteiger partial charge is 0.252 e. The van der Waals surface area contributed by atoms with Crippen molar-refractivity contribution in [1.82, 2.24) is 5.32 Å². The average molecular weight is 410 g/mol. The van der Waals surface area contributed by atoms with Crippen LogP contribution in [-0.4, -0.2) is 11.7 Å². The molecule has 0 saturated carbocycles. The van der Waals surface area contributed by atoms with E-state index in [9.17, 15) is 9.59 Å². The molecule has 0 radical (unpaired) electrons. The predicted molar refractivity (Wildman–Crippen MR) is 103 cm³/mol. The molecule has 3 rings (SSSR count). The Morgan fingerprint density at radius 2 is 1.62 bits per heavy atom. The molecule has 0 spiro atoms. The van der Waals surface area contributed by atoms with Gasteiger partial charge < -0.3 is 5.32 Å². The number of benzene rings is 2. The van der Waals surface area contributed by atoms with Gasteiger partial charge in [-0.2, -0.15) is 4.57 Å². The molecule has 2 aromatic carbocycles. The van der Waals surface area contributed by atoms with Crippen molar-refractivity contribution in [2.75, 3.05) is 0 Å². The van der Waals surface area contributed by atoms with Gasteiger partial charge in [-0.15, -0.1) is 0 Å². The maximum absolute atomic E-state index is 12.3. The Hall–Kier alpha value is -2.79. The number of nitrogens with zero attached hydrogens (tertiary/aromatic N) is 1. The molecule has 0 bridgehead atoms. The number of halogens is 1. The predicted octanol–water partition coefficient (Wildman–Crippen LogP) is 3.55. The highest BCUT2D eigenvalue weighted by Gasteiger charge is 2.13. The number of ketones is 1. The molecule has 3 aromatic rings. The van der Waals surface area contributed by atoms with Crippen LogP contribution in [0.25, 0.3) is 0 Å². The molecule has 0 fully saturated rings. The first-order chi connectivity index (χ1) is 12.6. The van der Waals surface area contributed by atoms with E-state index in [1.165, 1.54) is 0 Å². The first-order valence-corrected chi connectivity index (χ1v) is 9.01. The number of amides is 1. The van der Waals surface area contributed by atoms with Gasteiger partial charge in [0.2, 0.25) is 12.3 Å². The quantitative estimate of drug-likeness (QED) is 0.499. The second-order valence-corrected chi connectivity index (χ2v) is 6.78. The monoisotopic (exact) mass is 409 g/mol. The molecule has 26 heavy (non-hydrogen) atoms. The third-order valence-corrected chi connectivity index (χ3v) is 4.42. The number of carbonyl (C=O) groups excluding carboxylic acids is 2. The van der Waals surface area contributed by atoms with Gasteiger partial charge in [-0.3, -0.25) is 9.59 Å². The van der Waals surface area contributed by atoms with Crippen molar-refractivity contribution in [2.24, 2.45) is 0 Å². The van der Waals surface area contributed by atoms with Gasteiger partial charge in [0.15, 0.2) is 12.4 Å². The molecule has 1 N–H and O–H groups in total. The molecule has 0 aliphatic rings. The summed E-state index contributed by atoms with van der Waals surface area (Å²) in [4.78, 5) is 24.5. The lowest BCUT2D eigenvalue weighted by Gasteiger charge is -2.05. The lowest BCUT2D eigenvalue weighted by molar-refractivity contribution is -0.683. The first kappa shape index (κ1) is 18.0. The number of carbonyl (C=O) groups is 2. The van der Waals surface area contributed by atoms with E-state index in [4.69, 9.17) is 0 Å². The fraction of sp³-hybridized carbons (Fsp3) is 0.0952. The van der Waals surface area contributed by atoms with Crippen LogP contribution in [0.4, 0.5) is 0 Å². The molecular weight excluding hydrogens is 392 g/mol. The van der Waals surface area contributed by atoms with Crippen LogP contribution in [0.5, 0.6) is 0 Å². The normalized spacial score (nSPS) is 10.3. The Bertz CT molecular complexity index is 909. The van der Waals surface area contributed by atoms with E-state index in [0.29, 0.717) is 17.7 Å². The molecule has 1 aromatic heterocycles. The number of aromatic nitrogens is 1. The van der Waals surface area contributed by atoms with Crippen molar-refractivity contribution in [3.8, 4) is 0 Å². The number of Topliss-reactive ketones (excluding diaryl/α,β-unsaturated/α-hetero) is 1. The Labute approximate surface area is 160 Å². The fourth-order valence-corrected chi connectivity index (χ4v) is 2.91. The summed E-state index contributed by atoms with van der Waals surface area (Å²) in [6.45, 7) is 0.707. The largest absolute Gasteiger partial charge is 0.348 e. The molecule has 1 amide bonds. The number of hydrogen-bond donors (Lipinski definition) is 1. The third kappa shape index (κ3) is 4.86. The lowest BCUT2D eigenvalue weighted by atomic mass is 10.1. The SMILES string of the molecule is O=C(C[n+]1ccc(C(=O)NCc2ccccc2)cc1)c1cccc(Br)c1. The summed E-state index contributed by atoms with van der Waals surface area (Å²) < 4.78 is 2.63. The average Bonchev–Trinajstić information content (AvgIpc) is 2.67. The molecular formula is C21H18BrN2O2+. The van der Waals surface area contributed by atoms with Crippen molar-refractivity contribution in [2.45, 2.75) is 13.1 Å². The summed E-state index contributed by atoms with van der Waals surface area (Å²) in [5.74, 6) is -0.128. The molecule has 0 aliphatic heterocycles. The number of nitrogens with one attached hydrogen (secondary N) is 1. The summed E-state index contributed by atoms with van der Waals surface area (Å²) in [5.41, 5.74) is 2.26. The van der Waals surface area contributed by atoms with Crippen LogP contribution in [0.15, 0.2) is 83.6 Å². The van der Waals surface area contributed by atoms with E-state index >= 15 is 0 Å². The van der Waals surface area contributed by atoms with E-state index in [-0.39, 0.29) is 18.2 Å². The van der Waals surface area contributed by atoms with Crippen LogP contribution >= 0.6 is 15.9 Å². The van der Waals surface area contributed by atoms with Crippen LogP contribution in [0.3, 0.4) is 0 Å². The van der Waals surface area contributed by atoms with Crippen LogP contribution in [-0.2, 0) is 13.1 Å². The zero-order chi connectivity index (χ0) is 18.4. The minimum atomic E-state index is -0.140. The molecule has 1 heterocycles. The summed E-state index contributed by atoms with van der Waals surface area (Å²) in [6, 6.07) is 20.5. The topological polar surface area (TPSA) is 50.0 Å². The second-order valence-electron chi connectivity index (χ2n) is 5.86. The van der Waals surface area contributed by atoms with Gasteiger partial charge in [0.05, 0.1) is 5.56 Å². The van der Waals surface area contributed by atoms with Gasteiger partial charge in [0.1, 0.15) is 0 Å². The van der Waals surface area contributed by atoms with E-state index < -0.39 is 0 Å². The van der Waals surface area contributed by atoms with E-state index in [2.05, 4.69) is 21.2 Å². The van der Waals surface area contributed by atoms with Crippen molar-refractivity contribution in [3.05, 3.63) is 100 Å². The van der Waals surface area contributed by atoms with Gasteiger partial charge in [0.25, 0.3) is 5.91 Å². The number of pyridine rings is 1. The summed E-state index contributed by atoms with van der Waals surface area (Å²) in [5, 5.41) is 2.89. The van der Waals surface area contributed by atoms with Crippen molar-refractivity contribution in [3.63, 3.8) is 0 Å². The summed E-state index contributed by atoms with van der Waals surface area (Å²) in [7, 11) is 0. The van der Waals surface area contributed by atoms with Crippen LogP contribution in [0.1, 0.15) is 26.3 Å². The van der Waals surface area contributed by atoms with Crippen LogP contribution in [0, 0.1) is 0 Å².